The second kappa shape index (κ2) is 5.62. The van der Waals surface area contributed by atoms with E-state index in [1.54, 1.807) is 12.1 Å². The van der Waals surface area contributed by atoms with Gasteiger partial charge >= 0.3 is 6.61 Å². The van der Waals surface area contributed by atoms with Crippen LogP contribution in [0.25, 0.3) is 0 Å². The Bertz CT molecular complexity index is 564. The number of aliphatic hydroxyl groups excluding tert-OH is 1. The lowest BCUT2D eigenvalue weighted by molar-refractivity contribution is -0.0512. The highest BCUT2D eigenvalue weighted by Crippen LogP contribution is 2.32. The summed E-state index contributed by atoms with van der Waals surface area (Å²) >= 11 is 0. The first-order valence-electron chi connectivity index (χ1n) is 5.50. The molecule has 0 bridgehead atoms. The van der Waals surface area contributed by atoms with Gasteiger partial charge in [0.1, 0.15) is 11.9 Å². The number of aromatic nitrogens is 1. The maximum atomic E-state index is 12.3. The van der Waals surface area contributed by atoms with Gasteiger partial charge in [-0.05, 0) is 12.1 Å². The maximum absolute atomic E-state index is 12.3. The van der Waals surface area contributed by atoms with Crippen molar-refractivity contribution >= 4 is 5.69 Å². The number of nitrogens with zero attached hydrogens (tertiary/aromatic N) is 1. The molecular weight excluding hydrogens is 254 g/mol. The molecule has 0 aliphatic rings. The first-order chi connectivity index (χ1) is 9.09. The molecule has 6 heteroatoms. The monoisotopic (exact) mass is 266 g/mol. The van der Waals surface area contributed by atoms with E-state index in [1.165, 1.54) is 30.6 Å². The summed E-state index contributed by atoms with van der Waals surface area (Å²) < 4.78 is 29.0. The Hall–Kier alpha value is -2.21. The van der Waals surface area contributed by atoms with Crippen LogP contribution in [-0.4, -0.2) is 16.7 Å². The largest absolute Gasteiger partial charge is 0.434 e. The van der Waals surface area contributed by atoms with E-state index in [-0.39, 0.29) is 11.3 Å². The highest BCUT2D eigenvalue weighted by molar-refractivity contribution is 5.50. The van der Waals surface area contributed by atoms with Crippen LogP contribution in [0.4, 0.5) is 14.5 Å². The number of benzene rings is 1. The molecule has 2 aromatic rings. The molecule has 1 aromatic heterocycles. The molecule has 0 saturated carbocycles. The fraction of sp³-hybridized carbons (Fsp3) is 0.154. The molecule has 100 valence electrons. The van der Waals surface area contributed by atoms with Gasteiger partial charge in [-0.25, -0.2) is 0 Å². The highest BCUT2D eigenvalue weighted by atomic mass is 19.3. The van der Waals surface area contributed by atoms with E-state index < -0.39 is 12.7 Å². The van der Waals surface area contributed by atoms with E-state index in [0.29, 0.717) is 11.3 Å². The minimum atomic E-state index is -2.96. The average molecular weight is 266 g/mol. The summed E-state index contributed by atoms with van der Waals surface area (Å²) in [5, 5.41) is 10.2. The quantitative estimate of drug-likeness (QED) is 0.891. The standard InChI is InChI=1S/C13H12F2N2O2/c14-13(15)19-11-4-2-1-3-8(11)12(18)9-7-17-6-5-10(9)16/h1-7,12-13,18H,(H2,16,17). The summed E-state index contributed by atoms with van der Waals surface area (Å²) in [6.07, 6.45) is 1.69. The Morgan fingerprint density at radius 1 is 1.16 bits per heavy atom. The normalized spacial score (nSPS) is 12.4. The average Bonchev–Trinajstić information content (AvgIpc) is 2.38. The van der Waals surface area contributed by atoms with Crippen LogP contribution in [0.2, 0.25) is 0 Å². The van der Waals surface area contributed by atoms with Gasteiger partial charge in [0.25, 0.3) is 0 Å². The van der Waals surface area contributed by atoms with Crippen molar-refractivity contribution in [3.63, 3.8) is 0 Å². The summed E-state index contributed by atoms with van der Waals surface area (Å²) in [5.74, 6) is -0.0896. The predicted octanol–water partition coefficient (Wildman–Crippen LogP) is 2.35. The number of nitrogen functional groups attached to an aromatic ring is 1. The maximum Gasteiger partial charge on any atom is 0.387 e. The Morgan fingerprint density at radius 3 is 2.58 bits per heavy atom. The van der Waals surface area contributed by atoms with Crippen molar-refractivity contribution in [3.05, 3.63) is 53.9 Å². The molecule has 0 radical (unpaired) electrons. The summed E-state index contributed by atoms with van der Waals surface area (Å²) in [6.45, 7) is -2.96. The lowest BCUT2D eigenvalue weighted by Crippen LogP contribution is -2.09. The van der Waals surface area contributed by atoms with Gasteiger partial charge in [0.2, 0.25) is 0 Å². The van der Waals surface area contributed by atoms with E-state index in [1.807, 2.05) is 0 Å². The Morgan fingerprint density at radius 2 is 1.89 bits per heavy atom. The number of hydrogen-bond acceptors (Lipinski definition) is 4. The second-order valence-corrected chi connectivity index (χ2v) is 3.82. The van der Waals surface area contributed by atoms with Crippen LogP contribution in [0.3, 0.4) is 0 Å². The van der Waals surface area contributed by atoms with E-state index >= 15 is 0 Å². The number of rotatable bonds is 4. The molecule has 2 rings (SSSR count). The molecule has 1 aromatic carbocycles. The summed E-state index contributed by atoms with van der Waals surface area (Å²) in [4.78, 5) is 3.85. The molecule has 0 amide bonds. The number of alkyl halides is 2. The molecule has 0 aliphatic heterocycles. The van der Waals surface area contributed by atoms with Crippen molar-refractivity contribution < 1.29 is 18.6 Å². The SMILES string of the molecule is Nc1ccncc1C(O)c1ccccc1OC(F)F. The molecule has 19 heavy (non-hydrogen) atoms. The molecule has 1 unspecified atom stereocenters. The van der Waals surface area contributed by atoms with Crippen molar-refractivity contribution in [3.8, 4) is 5.75 Å². The lowest BCUT2D eigenvalue weighted by Gasteiger charge is -2.17. The summed E-state index contributed by atoms with van der Waals surface area (Å²) in [6, 6.07) is 7.53. The highest BCUT2D eigenvalue weighted by Gasteiger charge is 2.19. The van der Waals surface area contributed by atoms with Gasteiger partial charge < -0.3 is 15.6 Å². The number of aliphatic hydroxyl groups is 1. The van der Waals surface area contributed by atoms with Crippen LogP contribution in [0.1, 0.15) is 17.2 Å². The molecule has 0 aliphatic carbocycles. The molecular formula is C13H12F2N2O2. The molecule has 1 atom stereocenters. The van der Waals surface area contributed by atoms with Crippen LogP contribution in [-0.2, 0) is 0 Å². The van der Waals surface area contributed by atoms with Crippen molar-refractivity contribution in [2.24, 2.45) is 0 Å². The van der Waals surface area contributed by atoms with Crippen molar-refractivity contribution in [2.75, 3.05) is 5.73 Å². The Balaban J connectivity index is 2.39. The van der Waals surface area contributed by atoms with Gasteiger partial charge in [0.05, 0.1) is 0 Å². The van der Waals surface area contributed by atoms with E-state index in [9.17, 15) is 13.9 Å². The number of pyridine rings is 1. The number of hydrogen-bond donors (Lipinski definition) is 2. The third-order valence-corrected chi connectivity index (χ3v) is 2.61. The van der Waals surface area contributed by atoms with Crippen LogP contribution in [0.15, 0.2) is 42.7 Å². The third kappa shape index (κ3) is 2.97. The molecule has 3 N–H and O–H groups in total. The van der Waals surface area contributed by atoms with Crippen molar-refractivity contribution in [1.82, 2.24) is 4.98 Å². The first-order valence-corrected chi connectivity index (χ1v) is 5.50. The van der Waals surface area contributed by atoms with Gasteiger partial charge in [-0.2, -0.15) is 8.78 Å². The van der Waals surface area contributed by atoms with Gasteiger partial charge in [0, 0.05) is 29.2 Å². The van der Waals surface area contributed by atoms with Crippen LogP contribution >= 0.6 is 0 Å². The van der Waals surface area contributed by atoms with Crippen LogP contribution in [0.5, 0.6) is 5.75 Å². The third-order valence-electron chi connectivity index (χ3n) is 2.61. The fourth-order valence-electron chi connectivity index (χ4n) is 1.72. The number of ether oxygens (including phenoxy) is 1. The Labute approximate surface area is 108 Å². The van der Waals surface area contributed by atoms with Gasteiger partial charge in [-0.1, -0.05) is 18.2 Å². The zero-order valence-corrected chi connectivity index (χ0v) is 9.83. The second-order valence-electron chi connectivity index (χ2n) is 3.82. The number of para-hydroxylation sites is 1. The summed E-state index contributed by atoms with van der Waals surface area (Å²) in [5.41, 5.74) is 6.60. The number of nitrogens with two attached hydrogens (primary N) is 1. The minimum Gasteiger partial charge on any atom is -0.434 e. The first kappa shape index (κ1) is 13.2. The molecule has 0 saturated heterocycles. The molecule has 0 fully saturated rings. The smallest absolute Gasteiger partial charge is 0.387 e. The predicted molar refractivity (Wildman–Crippen MR) is 65.8 cm³/mol. The van der Waals surface area contributed by atoms with E-state index in [4.69, 9.17) is 5.73 Å². The van der Waals surface area contributed by atoms with E-state index in [2.05, 4.69) is 9.72 Å². The molecule has 1 heterocycles. The van der Waals surface area contributed by atoms with E-state index in [0.717, 1.165) is 0 Å². The van der Waals surface area contributed by atoms with Crippen LogP contribution < -0.4 is 10.5 Å². The lowest BCUT2D eigenvalue weighted by atomic mass is 10.0. The summed E-state index contributed by atoms with van der Waals surface area (Å²) in [7, 11) is 0. The Kier molecular flexibility index (Phi) is 3.91. The fourth-order valence-corrected chi connectivity index (χ4v) is 1.72. The van der Waals surface area contributed by atoms with Gasteiger partial charge in [0.15, 0.2) is 0 Å². The van der Waals surface area contributed by atoms with Crippen molar-refractivity contribution in [1.29, 1.82) is 0 Å². The topological polar surface area (TPSA) is 68.4 Å². The zero-order chi connectivity index (χ0) is 13.8. The van der Waals surface area contributed by atoms with Crippen molar-refractivity contribution in [2.45, 2.75) is 12.7 Å². The number of halogens is 2. The van der Waals surface area contributed by atoms with Gasteiger partial charge in [-0.15, -0.1) is 0 Å². The molecule has 4 nitrogen and oxygen atoms in total. The minimum absolute atomic E-state index is 0.0896. The zero-order valence-electron chi connectivity index (χ0n) is 9.83. The van der Waals surface area contributed by atoms with Crippen LogP contribution in [0, 0.1) is 0 Å². The molecule has 0 spiro atoms. The van der Waals surface area contributed by atoms with Gasteiger partial charge in [-0.3, -0.25) is 4.98 Å². The number of anilines is 1.